The highest BCUT2D eigenvalue weighted by atomic mass is 35.5. The molecule has 6 heteroatoms. The standard InChI is InChI=1S/C15H19ClN2O3/c1-10-5-6-12(8-13(10)16)17-15(20)18-7-3-4-11(9-18)14(19)21-2/h5-6,8,11H,3-4,7,9H2,1-2H3,(H,17,20)/t11-/m0/s1. The molecule has 0 aromatic heterocycles. The lowest BCUT2D eigenvalue weighted by Gasteiger charge is -2.31. The molecule has 0 radical (unpaired) electrons. The van der Waals surface area contributed by atoms with Crippen LogP contribution in [0.3, 0.4) is 0 Å². The van der Waals surface area contributed by atoms with Crippen LogP contribution >= 0.6 is 11.6 Å². The van der Waals surface area contributed by atoms with Gasteiger partial charge in [0, 0.05) is 23.8 Å². The van der Waals surface area contributed by atoms with E-state index in [1.165, 1.54) is 7.11 Å². The van der Waals surface area contributed by atoms with Crippen molar-refractivity contribution in [3.05, 3.63) is 28.8 Å². The molecule has 1 fully saturated rings. The van der Waals surface area contributed by atoms with Gasteiger partial charge in [-0.2, -0.15) is 0 Å². The van der Waals surface area contributed by atoms with E-state index in [9.17, 15) is 9.59 Å². The fourth-order valence-corrected chi connectivity index (χ4v) is 2.57. The summed E-state index contributed by atoms with van der Waals surface area (Å²) in [5, 5.41) is 3.42. The van der Waals surface area contributed by atoms with Crippen molar-refractivity contribution in [2.24, 2.45) is 5.92 Å². The molecule has 1 atom stereocenters. The van der Waals surface area contributed by atoms with E-state index in [4.69, 9.17) is 16.3 Å². The fourth-order valence-electron chi connectivity index (χ4n) is 2.39. The van der Waals surface area contributed by atoms with Gasteiger partial charge in [0.05, 0.1) is 13.0 Å². The SMILES string of the molecule is COC(=O)[C@H]1CCCN(C(=O)Nc2ccc(C)c(Cl)c2)C1. The number of likely N-dealkylation sites (tertiary alicyclic amines) is 1. The van der Waals surface area contributed by atoms with Crippen molar-refractivity contribution in [2.45, 2.75) is 19.8 Å². The Hall–Kier alpha value is -1.75. The number of halogens is 1. The number of urea groups is 1. The number of carbonyl (C=O) groups is 2. The zero-order valence-electron chi connectivity index (χ0n) is 12.2. The van der Waals surface area contributed by atoms with Gasteiger partial charge in [0.15, 0.2) is 0 Å². The lowest BCUT2D eigenvalue weighted by atomic mass is 9.98. The van der Waals surface area contributed by atoms with Gasteiger partial charge in [0.1, 0.15) is 0 Å². The van der Waals surface area contributed by atoms with Crippen molar-refractivity contribution in [3.63, 3.8) is 0 Å². The molecule has 1 aromatic carbocycles. The number of piperidine rings is 1. The fraction of sp³-hybridized carbons (Fsp3) is 0.467. The van der Waals surface area contributed by atoms with Crippen LogP contribution in [0.25, 0.3) is 0 Å². The third-order valence-electron chi connectivity index (χ3n) is 3.67. The summed E-state index contributed by atoms with van der Waals surface area (Å²) in [5.41, 5.74) is 1.61. The second kappa shape index (κ2) is 6.80. The Morgan fingerprint density at radius 3 is 2.86 bits per heavy atom. The maximum Gasteiger partial charge on any atom is 0.321 e. The molecular formula is C15H19ClN2O3. The van der Waals surface area contributed by atoms with Crippen molar-refractivity contribution >= 4 is 29.3 Å². The molecule has 114 valence electrons. The number of anilines is 1. The summed E-state index contributed by atoms with van der Waals surface area (Å²) >= 11 is 6.04. The number of benzene rings is 1. The molecule has 1 heterocycles. The highest BCUT2D eigenvalue weighted by molar-refractivity contribution is 6.31. The second-order valence-electron chi connectivity index (χ2n) is 5.20. The maximum atomic E-state index is 12.2. The van der Waals surface area contributed by atoms with Gasteiger partial charge in [0.25, 0.3) is 0 Å². The highest BCUT2D eigenvalue weighted by Crippen LogP contribution is 2.22. The minimum atomic E-state index is -0.258. The average Bonchev–Trinajstić information content (AvgIpc) is 2.50. The molecule has 0 spiro atoms. The number of ether oxygens (including phenoxy) is 1. The number of rotatable bonds is 2. The summed E-state index contributed by atoms with van der Waals surface area (Å²) < 4.78 is 4.75. The molecule has 0 bridgehead atoms. The van der Waals surface area contributed by atoms with Crippen LogP contribution in [0, 0.1) is 12.8 Å². The Morgan fingerprint density at radius 1 is 1.43 bits per heavy atom. The molecule has 2 amide bonds. The van der Waals surface area contributed by atoms with Gasteiger partial charge in [-0.1, -0.05) is 17.7 Å². The van der Waals surface area contributed by atoms with E-state index in [-0.39, 0.29) is 17.9 Å². The summed E-state index contributed by atoms with van der Waals surface area (Å²) in [6.07, 6.45) is 1.55. The van der Waals surface area contributed by atoms with E-state index in [0.717, 1.165) is 18.4 Å². The average molecular weight is 311 g/mol. The largest absolute Gasteiger partial charge is 0.469 e. The maximum absolute atomic E-state index is 12.2. The zero-order valence-corrected chi connectivity index (χ0v) is 12.9. The summed E-state index contributed by atoms with van der Waals surface area (Å²) in [7, 11) is 1.37. The van der Waals surface area contributed by atoms with Gasteiger partial charge in [-0.25, -0.2) is 4.79 Å². The molecule has 5 nitrogen and oxygen atoms in total. The summed E-state index contributed by atoms with van der Waals surface area (Å²) in [6.45, 7) is 2.93. The summed E-state index contributed by atoms with van der Waals surface area (Å²) in [6, 6.07) is 5.16. The molecule has 1 aliphatic heterocycles. The van der Waals surface area contributed by atoms with Crippen LogP contribution in [0.4, 0.5) is 10.5 Å². The first-order valence-corrected chi connectivity index (χ1v) is 7.29. The Labute approximate surface area is 129 Å². The Balaban J connectivity index is 1.99. The lowest BCUT2D eigenvalue weighted by Crippen LogP contribution is -2.44. The van der Waals surface area contributed by atoms with E-state index in [1.54, 1.807) is 17.0 Å². The van der Waals surface area contributed by atoms with Crippen LogP contribution < -0.4 is 5.32 Å². The first-order chi connectivity index (χ1) is 10.0. The van der Waals surface area contributed by atoms with Crippen LogP contribution in [-0.2, 0) is 9.53 Å². The Bertz CT molecular complexity index is 548. The molecule has 21 heavy (non-hydrogen) atoms. The van der Waals surface area contributed by atoms with Crippen LogP contribution in [0.5, 0.6) is 0 Å². The normalized spacial score (nSPS) is 18.2. The van der Waals surface area contributed by atoms with Crippen molar-refractivity contribution in [1.29, 1.82) is 0 Å². The summed E-state index contributed by atoms with van der Waals surface area (Å²) in [5.74, 6) is -0.498. The molecule has 0 unspecified atom stereocenters. The van der Waals surface area contributed by atoms with Crippen molar-refractivity contribution in [1.82, 2.24) is 4.90 Å². The van der Waals surface area contributed by atoms with E-state index in [1.807, 2.05) is 13.0 Å². The van der Waals surface area contributed by atoms with Crippen LogP contribution in [0.2, 0.25) is 5.02 Å². The molecule has 1 N–H and O–H groups in total. The predicted molar refractivity (Wildman–Crippen MR) is 81.5 cm³/mol. The van der Waals surface area contributed by atoms with Gasteiger partial charge in [-0.05, 0) is 37.5 Å². The zero-order chi connectivity index (χ0) is 15.4. The number of aryl methyl sites for hydroxylation is 1. The van der Waals surface area contributed by atoms with Gasteiger partial charge < -0.3 is 15.0 Å². The quantitative estimate of drug-likeness (QED) is 0.854. The first-order valence-electron chi connectivity index (χ1n) is 6.91. The number of amides is 2. The van der Waals surface area contributed by atoms with Crippen molar-refractivity contribution in [2.75, 3.05) is 25.5 Å². The number of esters is 1. The van der Waals surface area contributed by atoms with Crippen molar-refractivity contribution < 1.29 is 14.3 Å². The highest BCUT2D eigenvalue weighted by Gasteiger charge is 2.29. The Kier molecular flexibility index (Phi) is 5.07. The topological polar surface area (TPSA) is 58.6 Å². The van der Waals surface area contributed by atoms with E-state index in [2.05, 4.69) is 5.32 Å². The third kappa shape index (κ3) is 3.88. The van der Waals surface area contributed by atoms with Gasteiger partial charge in [0.2, 0.25) is 0 Å². The van der Waals surface area contributed by atoms with Crippen LogP contribution in [-0.4, -0.2) is 37.1 Å². The predicted octanol–water partition coefficient (Wildman–Crippen LogP) is 3.07. The second-order valence-corrected chi connectivity index (χ2v) is 5.61. The molecule has 2 rings (SSSR count). The molecule has 1 aromatic rings. The minimum absolute atomic E-state index is 0.219. The van der Waals surface area contributed by atoms with Crippen LogP contribution in [0.15, 0.2) is 18.2 Å². The smallest absolute Gasteiger partial charge is 0.321 e. The van der Waals surface area contributed by atoms with Crippen molar-refractivity contribution in [3.8, 4) is 0 Å². The first kappa shape index (κ1) is 15.6. The van der Waals surface area contributed by atoms with E-state index < -0.39 is 0 Å². The van der Waals surface area contributed by atoms with Gasteiger partial charge in [-0.15, -0.1) is 0 Å². The summed E-state index contributed by atoms with van der Waals surface area (Å²) in [4.78, 5) is 25.5. The molecule has 0 saturated carbocycles. The minimum Gasteiger partial charge on any atom is -0.469 e. The monoisotopic (exact) mass is 310 g/mol. The number of nitrogens with zero attached hydrogens (tertiary/aromatic N) is 1. The van der Waals surface area contributed by atoms with Crippen LogP contribution in [0.1, 0.15) is 18.4 Å². The van der Waals surface area contributed by atoms with E-state index in [0.29, 0.717) is 23.8 Å². The van der Waals surface area contributed by atoms with E-state index >= 15 is 0 Å². The van der Waals surface area contributed by atoms with Gasteiger partial charge >= 0.3 is 12.0 Å². The number of nitrogens with one attached hydrogen (secondary N) is 1. The molecular weight excluding hydrogens is 292 g/mol. The lowest BCUT2D eigenvalue weighted by molar-refractivity contribution is -0.146. The molecule has 0 aliphatic carbocycles. The molecule has 1 saturated heterocycles. The number of carbonyl (C=O) groups excluding carboxylic acids is 2. The number of methoxy groups -OCH3 is 1. The van der Waals surface area contributed by atoms with Gasteiger partial charge in [-0.3, -0.25) is 4.79 Å². The number of hydrogen-bond acceptors (Lipinski definition) is 3. The molecule has 1 aliphatic rings. The third-order valence-corrected chi connectivity index (χ3v) is 4.07. The Morgan fingerprint density at radius 2 is 2.19 bits per heavy atom. The number of hydrogen-bond donors (Lipinski definition) is 1.